The molecule has 0 bridgehead atoms. The average Bonchev–Trinajstić information content (AvgIpc) is 2.43. The molecule has 0 saturated carbocycles. The van der Waals surface area contributed by atoms with Crippen LogP contribution >= 0.6 is 0 Å². The minimum Gasteiger partial charge on any atom is -0.472 e. The molecule has 10 heavy (non-hydrogen) atoms. The van der Waals surface area contributed by atoms with Gasteiger partial charge in [0.1, 0.15) is 0 Å². The molecule has 0 radical (unpaired) electrons. The first-order valence-corrected chi connectivity index (χ1v) is 2.99. The van der Waals surface area contributed by atoms with Gasteiger partial charge in [0.25, 0.3) is 0 Å². The van der Waals surface area contributed by atoms with Crippen LogP contribution in [0.2, 0.25) is 0 Å². The Hall–Kier alpha value is -1.06. The van der Waals surface area contributed by atoms with E-state index in [0.29, 0.717) is 0 Å². The van der Waals surface area contributed by atoms with Crippen molar-refractivity contribution in [2.24, 2.45) is 5.84 Å². The molecule has 3 N–H and O–H groups in total. The van der Waals surface area contributed by atoms with Crippen LogP contribution in [0.5, 0.6) is 0 Å². The summed E-state index contributed by atoms with van der Waals surface area (Å²) in [5.74, 6) is 5.21. The molecule has 1 heterocycles. The highest BCUT2D eigenvalue weighted by molar-refractivity contribution is 5.15. The van der Waals surface area contributed by atoms with Crippen molar-refractivity contribution in [2.75, 3.05) is 0 Å². The summed E-state index contributed by atoms with van der Waals surface area (Å²) >= 11 is 0. The molecule has 3 heteroatoms. The number of hydrogen-bond acceptors (Lipinski definition) is 3. The van der Waals surface area contributed by atoms with E-state index in [0.717, 1.165) is 5.56 Å². The van der Waals surface area contributed by atoms with Crippen molar-refractivity contribution in [3.8, 4) is 0 Å². The number of hydrogen-bond donors (Lipinski definition) is 2. The van der Waals surface area contributed by atoms with Crippen molar-refractivity contribution in [2.45, 2.75) is 6.04 Å². The maximum atomic E-state index is 5.21. The molecule has 0 aliphatic carbocycles. The monoisotopic (exact) mass is 138 g/mol. The van der Waals surface area contributed by atoms with E-state index >= 15 is 0 Å². The third-order valence-corrected chi connectivity index (χ3v) is 1.32. The maximum absolute atomic E-state index is 5.21. The highest BCUT2D eigenvalue weighted by atomic mass is 16.3. The summed E-state index contributed by atoms with van der Waals surface area (Å²) in [7, 11) is 0. The van der Waals surface area contributed by atoms with E-state index in [1.807, 2.05) is 6.07 Å². The Morgan fingerprint density at radius 2 is 2.60 bits per heavy atom. The lowest BCUT2D eigenvalue weighted by atomic mass is 10.2. The first kappa shape index (κ1) is 7.05. The fourth-order valence-electron chi connectivity index (χ4n) is 0.752. The molecule has 0 amide bonds. The molecular formula is C7H10N2O. The van der Waals surface area contributed by atoms with E-state index in [1.165, 1.54) is 0 Å². The number of hydrazine groups is 1. The van der Waals surface area contributed by atoms with Crippen molar-refractivity contribution in [3.63, 3.8) is 0 Å². The van der Waals surface area contributed by atoms with E-state index in [9.17, 15) is 0 Å². The van der Waals surface area contributed by atoms with Gasteiger partial charge in [0.2, 0.25) is 0 Å². The van der Waals surface area contributed by atoms with Crippen LogP contribution in [0.1, 0.15) is 11.6 Å². The zero-order chi connectivity index (χ0) is 7.40. The Morgan fingerprint density at radius 1 is 1.80 bits per heavy atom. The summed E-state index contributed by atoms with van der Waals surface area (Å²) in [6, 6.07) is 1.82. The van der Waals surface area contributed by atoms with Gasteiger partial charge in [0.15, 0.2) is 0 Å². The van der Waals surface area contributed by atoms with E-state index in [4.69, 9.17) is 10.3 Å². The van der Waals surface area contributed by atoms with Crippen LogP contribution in [-0.4, -0.2) is 0 Å². The lowest BCUT2D eigenvalue weighted by Crippen LogP contribution is -2.25. The molecule has 0 aromatic carbocycles. The number of nitrogens with two attached hydrogens (primary N) is 1. The summed E-state index contributed by atoms with van der Waals surface area (Å²) in [6.07, 6.45) is 4.94. The van der Waals surface area contributed by atoms with Gasteiger partial charge in [0, 0.05) is 5.56 Å². The van der Waals surface area contributed by atoms with Crippen molar-refractivity contribution in [1.29, 1.82) is 0 Å². The second-order valence-corrected chi connectivity index (χ2v) is 1.94. The van der Waals surface area contributed by atoms with Crippen LogP contribution in [0.4, 0.5) is 0 Å². The van der Waals surface area contributed by atoms with E-state index in [1.54, 1.807) is 18.6 Å². The second kappa shape index (κ2) is 3.20. The zero-order valence-electron chi connectivity index (χ0n) is 5.58. The lowest BCUT2D eigenvalue weighted by Gasteiger charge is -2.06. The Labute approximate surface area is 59.5 Å². The normalized spacial score (nSPS) is 12.9. The van der Waals surface area contributed by atoms with Crippen LogP contribution in [-0.2, 0) is 0 Å². The second-order valence-electron chi connectivity index (χ2n) is 1.94. The molecule has 3 nitrogen and oxygen atoms in total. The lowest BCUT2D eigenvalue weighted by molar-refractivity contribution is 0.555. The van der Waals surface area contributed by atoms with Crippen LogP contribution < -0.4 is 11.3 Å². The quantitative estimate of drug-likeness (QED) is 0.371. The number of furan rings is 1. The number of nitrogens with one attached hydrogen (secondary N) is 1. The van der Waals surface area contributed by atoms with Gasteiger partial charge in [-0.1, -0.05) is 6.08 Å². The molecule has 0 spiro atoms. The molecule has 1 unspecified atom stereocenters. The standard InChI is InChI=1S/C7H10N2O/c1-2-7(9-8)6-3-4-10-5-6/h2-5,7,9H,1,8H2. The molecule has 0 saturated heterocycles. The Bertz CT molecular complexity index is 193. The topological polar surface area (TPSA) is 51.2 Å². The summed E-state index contributed by atoms with van der Waals surface area (Å²) in [6.45, 7) is 3.60. The first-order chi connectivity index (χ1) is 4.88. The predicted molar refractivity (Wildman–Crippen MR) is 39.0 cm³/mol. The van der Waals surface area contributed by atoms with E-state index in [2.05, 4.69) is 12.0 Å². The van der Waals surface area contributed by atoms with Gasteiger partial charge in [-0.3, -0.25) is 5.84 Å². The Morgan fingerprint density at radius 3 is 3.00 bits per heavy atom. The molecule has 0 aliphatic rings. The van der Waals surface area contributed by atoms with Crippen LogP contribution in [0.15, 0.2) is 35.7 Å². The molecule has 1 rings (SSSR count). The van der Waals surface area contributed by atoms with Gasteiger partial charge >= 0.3 is 0 Å². The van der Waals surface area contributed by atoms with Gasteiger partial charge < -0.3 is 4.42 Å². The van der Waals surface area contributed by atoms with E-state index < -0.39 is 0 Å². The van der Waals surface area contributed by atoms with Crippen LogP contribution in [0.25, 0.3) is 0 Å². The summed E-state index contributed by atoms with van der Waals surface area (Å²) in [5.41, 5.74) is 3.56. The minimum atomic E-state index is -0.0150. The molecular weight excluding hydrogens is 128 g/mol. The third kappa shape index (κ3) is 1.26. The smallest absolute Gasteiger partial charge is 0.0954 e. The fraction of sp³-hybridized carbons (Fsp3) is 0.143. The highest BCUT2D eigenvalue weighted by Gasteiger charge is 2.03. The molecule has 1 aromatic rings. The zero-order valence-corrected chi connectivity index (χ0v) is 5.58. The number of rotatable bonds is 3. The van der Waals surface area contributed by atoms with Crippen LogP contribution in [0.3, 0.4) is 0 Å². The van der Waals surface area contributed by atoms with Gasteiger partial charge in [-0.2, -0.15) is 0 Å². The maximum Gasteiger partial charge on any atom is 0.0954 e. The molecule has 0 aliphatic heterocycles. The molecule has 1 atom stereocenters. The highest BCUT2D eigenvalue weighted by Crippen LogP contribution is 2.11. The fourth-order valence-corrected chi connectivity index (χ4v) is 0.752. The van der Waals surface area contributed by atoms with Gasteiger partial charge in [-0.15, -0.1) is 6.58 Å². The molecule has 0 fully saturated rings. The minimum absolute atomic E-state index is 0.0150. The van der Waals surface area contributed by atoms with E-state index in [-0.39, 0.29) is 6.04 Å². The summed E-state index contributed by atoms with van der Waals surface area (Å²) in [4.78, 5) is 0. The molecule has 54 valence electrons. The SMILES string of the molecule is C=CC(NN)c1ccoc1. The van der Waals surface area contributed by atoms with Gasteiger partial charge in [-0.05, 0) is 6.07 Å². The van der Waals surface area contributed by atoms with Gasteiger partial charge in [0.05, 0.1) is 18.6 Å². The molecule has 1 aromatic heterocycles. The predicted octanol–water partition coefficient (Wildman–Crippen LogP) is 0.970. The third-order valence-electron chi connectivity index (χ3n) is 1.32. The van der Waals surface area contributed by atoms with Crippen molar-refractivity contribution in [3.05, 3.63) is 36.8 Å². The van der Waals surface area contributed by atoms with Crippen molar-refractivity contribution >= 4 is 0 Å². The summed E-state index contributed by atoms with van der Waals surface area (Å²) in [5, 5.41) is 0. The first-order valence-electron chi connectivity index (χ1n) is 2.99. The van der Waals surface area contributed by atoms with Gasteiger partial charge in [-0.25, -0.2) is 5.43 Å². The average molecular weight is 138 g/mol. The van der Waals surface area contributed by atoms with Crippen molar-refractivity contribution < 1.29 is 4.42 Å². The van der Waals surface area contributed by atoms with Crippen molar-refractivity contribution in [1.82, 2.24) is 5.43 Å². The summed E-state index contributed by atoms with van der Waals surface area (Å²) < 4.78 is 4.86. The Kier molecular flexibility index (Phi) is 2.25. The Balaban J connectivity index is 2.73. The largest absolute Gasteiger partial charge is 0.472 e. The van der Waals surface area contributed by atoms with Crippen LogP contribution in [0, 0.1) is 0 Å².